The third-order valence-corrected chi connectivity index (χ3v) is 8.07. The smallest absolute Gasteiger partial charge is 0.462 e. The van der Waals surface area contributed by atoms with Gasteiger partial charge in [-0.3, -0.25) is 14.1 Å². The molecule has 2 N–H and O–H groups in total. The zero-order valence-electron chi connectivity index (χ0n) is 29.7. The summed E-state index contributed by atoms with van der Waals surface area (Å²) in [6, 6.07) is 0. The Balaban J connectivity index is 4.03. The second-order valence-electron chi connectivity index (χ2n) is 12.2. The minimum absolute atomic E-state index is 0.189. The van der Waals surface area contributed by atoms with Crippen molar-refractivity contribution in [2.45, 2.75) is 168 Å². The molecule has 0 radical (unpaired) electrons. The van der Waals surface area contributed by atoms with Crippen LogP contribution in [0.2, 0.25) is 0 Å². The van der Waals surface area contributed by atoms with E-state index in [2.05, 4.69) is 67.0 Å². The lowest BCUT2D eigenvalue weighted by Crippen LogP contribution is -2.29. The highest BCUT2D eigenvalue weighted by atomic mass is 31.2. The van der Waals surface area contributed by atoms with Crippen LogP contribution in [-0.4, -0.2) is 41.0 Å². The Bertz CT molecular complexity index is 905. The van der Waals surface area contributed by atoms with Crippen LogP contribution in [0.3, 0.4) is 0 Å². The number of ether oxygens (including phenoxy) is 2. The maximum Gasteiger partial charge on any atom is 0.469 e. The average Bonchev–Trinajstić information content (AvgIpc) is 3.03. The van der Waals surface area contributed by atoms with Crippen LogP contribution in [-0.2, 0) is 28.2 Å². The van der Waals surface area contributed by atoms with Gasteiger partial charge in [-0.2, -0.15) is 0 Å². The molecule has 0 aromatic heterocycles. The lowest BCUT2D eigenvalue weighted by molar-refractivity contribution is -0.161. The van der Waals surface area contributed by atoms with Crippen LogP contribution in [0.1, 0.15) is 162 Å². The van der Waals surface area contributed by atoms with Gasteiger partial charge in [0.1, 0.15) is 6.61 Å². The molecule has 0 bridgehead atoms. The summed E-state index contributed by atoms with van der Waals surface area (Å²) in [5.74, 6) is -0.918. The standard InChI is InChI=1S/C38H67O8P/c1-3-5-7-9-11-13-15-17-19-21-23-25-27-29-31-33-38(40)46-36(35-45-47(41,42)43)34-44-37(39)32-30-28-26-24-22-20-18-16-14-12-10-8-6-4-2/h5,7,11,13,16-19,36H,3-4,6,8-10,12,14-15,20-35H2,1-2H3,(H2,41,42,43)/b7-5+,13-11+,18-16+,19-17+/t36-/m1/s1. The number of esters is 2. The van der Waals surface area contributed by atoms with Crippen molar-refractivity contribution in [3.8, 4) is 0 Å². The minimum atomic E-state index is -4.76. The second-order valence-corrected chi connectivity index (χ2v) is 13.4. The van der Waals surface area contributed by atoms with E-state index in [4.69, 9.17) is 19.3 Å². The molecule has 0 spiro atoms. The summed E-state index contributed by atoms with van der Waals surface area (Å²) in [6.07, 6.45) is 39.7. The van der Waals surface area contributed by atoms with E-state index in [0.29, 0.717) is 12.8 Å². The Morgan fingerprint density at radius 1 is 0.574 bits per heavy atom. The molecule has 0 aromatic rings. The summed E-state index contributed by atoms with van der Waals surface area (Å²) in [6.45, 7) is 3.52. The van der Waals surface area contributed by atoms with Crippen LogP contribution in [0.4, 0.5) is 0 Å². The summed E-state index contributed by atoms with van der Waals surface area (Å²) in [5.41, 5.74) is 0. The highest BCUT2D eigenvalue weighted by molar-refractivity contribution is 7.46. The third kappa shape index (κ3) is 36.7. The topological polar surface area (TPSA) is 119 Å². The fourth-order valence-electron chi connectivity index (χ4n) is 4.85. The third-order valence-electron chi connectivity index (χ3n) is 7.58. The van der Waals surface area contributed by atoms with Crippen molar-refractivity contribution in [3.63, 3.8) is 0 Å². The summed E-state index contributed by atoms with van der Waals surface area (Å²) in [4.78, 5) is 42.7. The molecular formula is C38H67O8P. The normalized spacial score (nSPS) is 13.0. The number of hydrogen-bond donors (Lipinski definition) is 2. The molecule has 0 aliphatic carbocycles. The minimum Gasteiger partial charge on any atom is -0.462 e. The number of carbonyl (C=O) groups is 2. The molecule has 0 aliphatic heterocycles. The molecule has 0 fully saturated rings. The molecule has 0 aliphatic rings. The molecule has 0 saturated heterocycles. The number of unbranched alkanes of at least 4 members (excludes halogenated alkanes) is 15. The fourth-order valence-corrected chi connectivity index (χ4v) is 5.21. The van der Waals surface area contributed by atoms with Gasteiger partial charge in [-0.05, 0) is 70.6 Å². The van der Waals surface area contributed by atoms with Gasteiger partial charge < -0.3 is 19.3 Å². The Morgan fingerprint density at radius 2 is 1.02 bits per heavy atom. The first kappa shape index (κ1) is 45.0. The maximum atomic E-state index is 12.3. The van der Waals surface area contributed by atoms with Gasteiger partial charge in [-0.25, -0.2) is 4.57 Å². The molecule has 0 heterocycles. The monoisotopic (exact) mass is 682 g/mol. The molecule has 9 heteroatoms. The molecule has 8 nitrogen and oxygen atoms in total. The average molecular weight is 683 g/mol. The highest BCUT2D eigenvalue weighted by Crippen LogP contribution is 2.36. The number of allylic oxidation sites excluding steroid dienone is 8. The quantitative estimate of drug-likeness (QED) is 0.0304. The Kier molecular flexibility index (Phi) is 32.5. The molecule has 47 heavy (non-hydrogen) atoms. The van der Waals surface area contributed by atoms with E-state index >= 15 is 0 Å². The molecule has 0 aromatic carbocycles. The molecule has 0 rings (SSSR count). The van der Waals surface area contributed by atoms with E-state index in [9.17, 15) is 14.2 Å². The van der Waals surface area contributed by atoms with Crippen molar-refractivity contribution in [2.75, 3.05) is 13.2 Å². The zero-order valence-corrected chi connectivity index (χ0v) is 30.6. The van der Waals surface area contributed by atoms with Crippen LogP contribution >= 0.6 is 7.82 Å². The van der Waals surface area contributed by atoms with Crippen LogP contribution in [0.15, 0.2) is 48.6 Å². The summed E-state index contributed by atoms with van der Waals surface area (Å²) >= 11 is 0. The second kappa shape index (κ2) is 33.9. The van der Waals surface area contributed by atoms with Crippen molar-refractivity contribution < 1.29 is 37.9 Å². The lowest BCUT2D eigenvalue weighted by Gasteiger charge is -2.18. The van der Waals surface area contributed by atoms with E-state index in [-0.39, 0.29) is 19.4 Å². The Labute approximate surface area is 286 Å². The largest absolute Gasteiger partial charge is 0.469 e. The van der Waals surface area contributed by atoms with Crippen LogP contribution in [0.25, 0.3) is 0 Å². The van der Waals surface area contributed by atoms with Gasteiger partial charge in [0.2, 0.25) is 0 Å². The van der Waals surface area contributed by atoms with E-state index in [1.54, 1.807) is 0 Å². The van der Waals surface area contributed by atoms with Crippen LogP contribution in [0.5, 0.6) is 0 Å². The zero-order chi connectivity index (χ0) is 34.7. The van der Waals surface area contributed by atoms with Gasteiger partial charge in [0.15, 0.2) is 6.10 Å². The van der Waals surface area contributed by atoms with Crippen LogP contribution in [0, 0.1) is 0 Å². The summed E-state index contributed by atoms with van der Waals surface area (Å²) < 4.78 is 26.3. The number of phosphoric acid groups is 1. The summed E-state index contributed by atoms with van der Waals surface area (Å²) in [7, 11) is -4.76. The predicted molar refractivity (Wildman–Crippen MR) is 193 cm³/mol. The number of carbonyl (C=O) groups excluding carboxylic acids is 2. The lowest BCUT2D eigenvalue weighted by atomic mass is 10.1. The molecule has 0 amide bonds. The van der Waals surface area contributed by atoms with E-state index in [0.717, 1.165) is 83.5 Å². The van der Waals surface area contributed by atoms with Gasteiger partial charge in [0, 0.05) is 12.8 Å². The van der Waals surface area contributed by atoms with Gasteiger partial charge in [-0.1, -0.05) is 127 Å². The molecule has 1 atom stereocenters. The van der Waals surface area contributed by atoms with Crippen molar-refractivity contribution in [1.82, 2.24) is 0 Å². The fraction of sp³-hybridized carbons (Fsp3) is 0.737. The van der Waals surface area contributed by atoms with Gasteiger partial charge >= 0.3 is 19.8 Å². The van der Waals surface area contributed by atoms with Gasteiger partial charge in [0.05, 0.1) is 6.61 Å². The SMILES string of the molecule is CC/C=C/C/C=C/C/C=C/CCCCCCCC(=O)O[C@H](COC(=O)CCCCCCC/C=C/CCCCCCC)COP(=O)(O)O. The number of rotatable bonds is 33. The first-order chi connectivity index (χ1) is 22.8. The summed E-state index contributed by atoms with van der Waals surface area (Å²) in [5, 5.41) is 0. The molecule has 272 valence electrons. The van der Waals surface area contributed by atoms with Crippen LogP contribution < -0.4 is 0 Å². The number of phosphoric ester groups is 1. The molecule has 0 saturated carbocycles. The van der Waals surface area contributed by atoms with Crippen molar-refractivity contribution in [3.05, 3.63) is 48.6 Å². The van der Waals surface area contributed by atoms with Crippen molar-refractivity contribution >= 4 is 19.8 Å². The number of hydrogen-bond acceptors (Lipinski definition) is 6. The van der Waals surface area contributed by atoms with Gasteiger partial charge in [0.25, 0.3) is 0 Å². The molecular weight excluding hydrogens is 615 g/mol. The van der Waals surface area contributed by atoms with Crippen molar-refractivity contribution in [1.29, 1.82) is 0 Å². The van der Waals surface area contributed by atoms with E-state index in [1.807, 2.05) is 0 Å². The Hall–Kier alpha value is -1.99. The first-order valence-corrected chi connectivity index (χ1v) is 20.0. The first-order valence-electron chi connectivity index (χ1n) is 18.4. The highest BCUT2D eigenvalue weighted by Gasteiger charge is 2.22. The molecule has 0 unspecified atom stereocenters. The van der Waals surface area contributed by atoms with E-state index in [1.165, 1.54) is 38.5 Å². The van der Waals surface area contributed by atoms with E-state index < -0.39 is 32.5 Å². The Morgan fingerprint density at radius 3 is 1.55 bits per heavy atom. The predicted octanol–water partition coefficient (Wildman–Crippen LogP) is 10.8. The van der Waals surface area contributed by atoms with Gasteiger partial charge in [-0.15, -0.1) is 0 Å². The van der Waals surface area contributed by atoms with Crippen molar-refractivity contribution in [2.24, 2.45) is 0 Å². The maximum absolute atomic E-state index is 12.3.